The van der Waals surface area contributed by atoms with E-state index in [1.54, 1.807) is 0 Å². The van der Waals surface area contributed by atoms with Crippen molar-refractivity contribution in [2.45, 2.75) is 31.6 Å². The van der Waals surface area contributed by atoms with Gasteiger partial charge in [0, 0.05) is 12.5 Å². The molecule has 30 heavy (non-hydrogen) atoms. The van der Waals surface area contributed by atoms with E-state index in [0.29, 0.717) is 5.92 Å². The summed E-state index contributed by atoms with van der Waals surface area (Å²) < 4.78 is 6.00. The number of piperidine rings is 1. The summed E-state index contributed by atoms with van der Waals surface area (Å²) in [5, 5.41) is 0. The van der Waals surface area contributed by atoms with Crippen LogP contribution < -0.4 is 4.74 Å². The number of rotatable bonds is 6. The van der Waals surface area contributed by atoms with Crippen molar-refractivity contribution in [3.63, 3.8) is 0 Å². The smallest absolute Gasteiger partial charge is 0.119 e. The van der Waals surface area contributed by atoms with Crippen molar-refractivity contribution in [2.24, 2.45) is 0 Å². The number of ether oxygens (including phenoxy) is 1. The summed E-state index contributed by atoms with van der Waals surface area (Å²) in [5.41, 5.74) is 7.06. The molecular weight excluding hydrogens is 390 g/mol. The monoisotopic (exact) mass is 419 g/mol. The van der Waals surface area contributed by atoms with E-state index in [1.165, 1.54) is 60.2 Å². The highest BCUT2D eigenvalue weighted by Crippen LogP contribution is 2.45. The van der Waals surface area contributed by atoms with Crippen LogP contribution in [0.5, 0.6) is 5.75 Å². The number of likely N-dealkylation sites (tertiary alicyclic amines) is 1. The van der Waals surface area contributed by atoms with E-state index in [1.807, 2.05) is 0 Å². The maximum absolute atomic E-state index is 6.00. The van der Waals surface area contributed by atoms with Gasteiger partial charge in [-0.25, -0.2) is 0 Å². The van der Waals surface area contributed by atoms with Gasteiger partial charge in [0.1, 0.15) is 12.4 Å². The summed E-state index contributed by atoms with van der Waals surface area (Å²) in [6.45, 7) is 4.28. The van der Waals surface area contributed by atoms with E-state index in [2.05, 4.69) is 77.7 Å². The molecular formula is C27H30ClNO. The highest BCUT2D eigenvalue weighted by Gasteiger charge is 2.27. The van der Waals surface area contributed by atoms with Crippen molar-refractivity contribution in [1.29, 1.82) is 0 Å². The summed E-state index contributed by atoms with van der Waals surface area (Å²) in [7, 11) is 0. The zero-order chi connectivity index (χ0) is 19.5. The highest BCUT2D eigenvalue weighted by atomic mass is 35.5. The third-order valence-electron chi connectivity index (χ3n) is 6.45. The second-order valence-corrected chi connectivity index (χ2v) is 8.33. The van der Waals surface area contributed by atoms with Crippen LogP contribution in [0.1, 0.15) is 41.9 Å². The van der Waals surface area contributed by atoms with Crippen LogP contribution in [-0.4, -0.2) is 31.1 Å². The first-order valence-corrected chi connectivity index (χ1v) is 11.0. The molecule has 2 nitrogen and oxygen atoms in total. The average Bonchev–Trinajstić information content (AvgIpc) is 3.10. The summed E-state index contributed by atoms with van der Waals surface area (Å²) >= 11 is 0. The van der Waals surface area contributed by atoms with Crippen molar-refractivity contribution in [2.75, 3.05) is 26.2 Å². The SMILES string of the molecule is Cl.c1ccc2c(c1)-c1ccccc1C2Cc1ccc(OCCN2CCCCC2)cc1. The molecule has 3 aromatic rings. The Morgan fingerprint density at radius 3 is 1.97 bits per heavy atom. The largest absolute Gasteiger partial charge is 0.492 e. The Kier molecular flexibility index (Phi) is 6.76. The molecule has 0 radical (unpaired) electrons. The van der Waals surface area contributed by atoms with Crippen molar-refractivity contribution >= 4 is 12.4 Å². The summed E-state index contributed by atoms with van der Waals surface area (Å²) in [4.78, 5) is 2.52. The first-order chi connectivity index (χ1) is 14.4. The number of halogens is 1. The fourth-order valence-electron chi connectivity index (χ4n) is 4.91. The predicted octanol–water partition coefficient (Wildman–Crippen LogP) is 6.33. The molecule has 0 saturated carbocycles. The van der Waals surface area contributed by atoms with Crippen molar-refractivity contribution in [1.82, 2.24) is 4.90 Å². The van der Waals surface area contributed by atoms with Gasteiger partial charge < -0.3 is 4.74 Å². The van der Waals surface area contributed by atoms with Crippen LogP contribution in [0.4, 0.5) is 0 Å². The van der Waals surface area contributed by atoms with Gasteiger partial charge in [0.15, 0.2) is 0 Å². The molecule has 5 rings (SSSR count). The van der Waals surface area contributed by atoms with E-state index in [4.69, 9.17) is 4.74 Å². The standard InChI is InChI=1S/C27H29NO.ClH/c1-6-16-28(17-7-1)18-19-29-22-14-12-21(13-15-22)20-27-25-10-4-2-8-23(25)24-9-3-5-11-26(24)27;/h2-5,8-15,27H,1,6-7,16-20H2;1H. The molecule has 0 aromatic heterocycles. The summed E-state index contributed by atoms with van der Waals surface area (Å²) in [6.07, 6.45) is 5.08. The first-order valence-electron chi connectivity index (χ1n) is 11.0. The van der Waals surface area contributed by atoms with Crippen LogP contribution in [0.2, 0.25) is 0 Å². The second kappa shape index (κ2) is 9.68. The lowest BCUT2D eigenvalue weighted by molar-refractivity contribution is 0.183. The van der Waals surface area contributed by atoms with Gasteiger partial charge in [-0.15, -0.1) is 12.4 Å². The molecule has 1 aliphatic carbocycles. The second-order valence-electron chi connectivity index (χ2n) is 8.33. The fourth-order valence-corrected chi connectivity index (χ4v) is 4.91. The lowest BCUT2D eigenvalue weighted by atomic mass is 9.90. The minimum absolute atomic E-state index is 0. The Labute approximate surface area is 186 Å². The van der Waals surface area contributed by atoms with E-state index in [-0.39, 0.29) is 12.4 Å². The van der Waals surface area contributed by atoms with Gasteiger partial charge >= 0.3 is 0 Å². The van der Waals surface area contributed by atoms with Gasteiger partial charge in [-0.05, 0) is 72.3 Å². The zero-order valence-corrected chi connectivity index (χ0v) is 18.2. The number of nitrogens with zero attached hydrogens (tertiary/aromatic N) is 1. The van der Waals surface area contributed by atoms with E-state index >= 15 is 0 Å². The van der Waals surface area contributed by atoms with Crippen LogP contribution >= 0.6 is 12.4 Å². The van der Waals surface area contributed by atoms with Crippen LogP contribution in [-0.2, 0) is 6.42 Å². The maximum Gasteiger partial charge on any atom is 0.119 e. The first kappa shape index (κ1) is 21.0. The van der Waals surface area contributed by atoms with E-state index in [0.717, 1.165) is 25.3 Å². The van der Waals surface area contributed by atoms with Crippen LogP contribution in [0, 0.1) is 0 Å². The summed E-state index contributed by atoms with van der Waals surface area (Å²) in [5.74, 6) is 1.42. The molecule has 1 saturated heterocycles. The lowest BCUT2D eigenvalue weighted by Crippen LogP contribution is -2.33. The Morgan fingerprint density at radius 2 is 1.33 bits per heavy atom. The van der Waals surface area contributed by atoms with Gasteiger partial charge in [-0.1, -0.05) is 67.1 Å². The molecule has 3 aromatic carbocycles. The quantitative estimate of drug-likeness (QED) is 0.463. The highest BCUT2D eigenvalue weighted by molar-refractivity contribution is 5.85. The Morgan fingerprint density at radius 1 is 0.733 bits per heavy atom. The molecule has 0 amide bonds. The van der Waals surface area contributed by atoms with Crippen molar-refractivity contribution in [3.8, 4) is 16.9 Å². The molecule has 1 aliphatic heterocycles. The third-order valence-corrected chi connectivity index (χ3v) is 6.45. The van der Waals surface area contributed by atoms with Crippen LogP contribution in [0.15, 0.2) is 72.8 Å². The molecule has 0 unspecified atom stereocenters. The molecule has 2 aliphatic rings. The van der Waals surface area contributed by atoms with Gasteiger partial charge in [-0.2, -0.15) is 0 Å². The lowest BCUT2D eigenvalue weighted by Gasteiger charge is -2.26. The maximum atomic E-state index is 6.00. The number of hydrogen-bond acceptors (Lipinski definition) is 2. The van der Waals surface area contributed by atoms with Crippen LogP contribution in [0.3, 0.4) is 0 Å². The Bertz CT molecular complexity index is 917. The number of fused-ring (bicyclic) bond motifs is 3. The molecule has 0 spiro atoms. The Hall–Kier alpha value is -2.29. The van der Waals surface area contributed by atoms with Crippen molar-refractivity contribution in [3.05, 3.63) is 89.5 Å². The number of benzene rings is 3. The topological polar surface area (TPSA) is 12.5 Å². The zero-order valence-electron chi connectivity index (χ0n) is 17.4. The molecule has 0 atom stereocenters. The minimum atomic E-state index is 0. The molecule has 0 bridgehead atoms. The normalized spacial score (nSPS) is 15.9. The minimum Gasteiger partial charge on any atom is -0.492 e. The molecule has 3 heteroatoms. The van der Waals surface area contributed by atoms with E-state index in [9.17, 15) is 0 Å². The summed E-state index contributed by atoms with van der Waals surface area (Å²) in [6, 6.07) is 26.5. The van der Waals surface area contributed by atoms with Gasteiger partial charge in [0.25, 0.3) is 0 Å². The fraction of sp³-hybridized carbons (Fsp3) is 0.333. The third kappa shape index (κ3) is 4.40. The van der Waals surface area contributed by atoms with Gasteiger partial charge in [-0.3, -0.25) is 4.90 Å². The molecule has 0 N–H and O–H groups in total. The van der Waals surface area contributed by atoms with Gasteiger partial charge in [0.05, 0.1) is 0 Å². The van der Waals surface area contributed by atoms with E-state index < -0.39 is 0 Å². The predicted molar refractivity (Wildman–Crippen MR) is 127 cm³/mol. The molecule has 156 valence electrons. The Balaban J connectivity index is 0.00000218. The van der Waals surface area contributed by atoms with Crippen LogP contribution in [0.25, 0.3) is 11.1 Å². The van der Waals surface area contributed by atoms with Gasteiger partial charge in [0.2, 0.25) is 0 Å². The van der Waals surface area contributed by atoms with Crippen molar-refractivity contribution < 1.29 is 4.74 Å². The number of hydrogen-bond donors (Lipinski definition) is 0. The average molecular weight is 420 g/mol. The molecule has 1 heterocycles. The molecule has 1 fully saturated rings.